The van der Waals surface area contributed by atoms with Gasteiger partial charge in [-0.15, -0.1) is 0 Å². The highest BCUT2D eigenvalue weighted by Crippen LogP contribution is 2.21. The molecule has 60 heavy (non-hydrogen) atoms. The van der Waals surface area contributed by atoms with E-state index in [4.69, 9.17) is 11.5 Å². The lowest BCUT2D eigenvalue weighted by molar-refractivity contribution is -0.142. The zero-order valence-electron chi connectivity index (χ0n) is 34.5. The van der Waals surface area contributed by atoms with Crippen LogP contribution in [-0.2, 0) is 46.4 Å². The number of aromatic hydroxyl groups is 2. The van der Waals surface area contributed by atoms with Gasteiger partial charge < -0.3 is 58.4 Å². The number of nitrogens with one attached hydrogen (secondary N) is 5. The highest BCUT2D eigenvalue weighted by molar-refractivity contribution is 6.39. The number of nitrogens with zero attached hydrogens (tertiary/aromatic N) is 2. The van der Waals surface area contributed by atoms with Gasteiger partial charge in [-0.3, -0.25) is 33.6 Å². The Morgan fingerprint density at radius 1 is 0.750 bits per heavy atom. The second kappa shape index (κ2) is 23.4. The van der Waals surface area contributed by atoms with Crippen LogP contribution in [0.4, 0.5) is 0 Å². The maximum atomic E-state index is 14.3. The Hall–Kier alpha value is -6.24. The largest absolute Gasteiger partial charge is 0.508 e. The minimum Gasteiger partial charge on any atom is -0.508 e. The summed E-state index contributed by atoms with van der Waals surface area (Å²) in [4.78, 5) is 94.5. The quantitative estimate of drug-likeness (QED) is 0.0321. The predicted octanol–water partition coefficient (Wildman–Crippen LogP) is -0.172. The number of hydrogen-bond acceptors (Lipinski definition) is 12. The molecule has 1 fully saturated rings. The number of oxime groups is 1. The molecule has 6 atom stereocenters. The van der Waals surface area contributed by atoms with Crippen molar-refractivity contribution in [3.63, 3.8) is 0 Å². The summed E-state index contributed by atoms with van der Waals surface area (Å²) in [5, 5.41) is 45.1. The third-order valence-corrected chi connectivity index (χ3v) is 9.96. The zero-order chi connectivity index (χ0) is 44.5. The van der Waals surface area contributed by atoms with Gasteiger partial charge in [-0.05, 0) is 100 Å². The summed E-state index contributed by atoms with van der Waals surface area (Å²) in [7, 11) is 0. The molecule has 0 aromatic heterocycles. The molecule has 1 aliphatic rings. The lowest BCUT2D eigenvalue weighted by Crippen LogP contribution is -2.59. The molecular weight excluding hydrogens is 779 g/mol. The molecular formula is C41H59N9O10. The summed E-state index contributed by atoms with van der Waals surface area (Å²) < 4.78 is 0. The fourth-order valence-electron chi connectivity index (χ4n) is 6.60. The van der Waals surface area contributed by atoms with E-state index in [1.807, 2.05) is 13.8 Å². The molecule has 0 unspecified atom stereocenters. The molecule has 12 N–H and O–H groups in total. The van der Waals surface area contributed by atoms with E-state index in [1.54, 1.807) is 12.1 Å². The van der Waals surface area contributed by atoms with Gasteiger partial charge in [0.25, 0.3) is 5.91 Å². The van der Waals surface area contributed by atoms with E-state index >= 15 is 0 Å². The highest BCUT2D eigenvalue weighted by atomic mass is 16.4. The molecule has 1 saturated heterocycles. The Bertz CT molecular complexity index is 1840. The minimum absolute atomic E-state index is 0.00715. The zero-order valence-corrected chi connectivity index (χ0v) is 34.5. The van der Waals surface area contributed by atoms with Gasteiger partial charge in [0.2, 0.25) is 35.4 Å². The smallest absolute Gasteiger partial charge is 0.270 e. The topological polar surface area (TPSA) is 308 Å². The number of phenols is 2. The van der Waals surface area contributed by atoms with Crippen molar-refractivity contribution in [3.8, 4) is 11.5 Å². The van der Waals surface area contributed by atoms with Crippen molar-refractivity contribution >= 4 is 47.1 Å². The van der Waals surface area contributed by atoms with Crippen molar-refractivity contribution in [2.24, 2.45) is 22.5 Å². The fraction of sp³-hybridized carbons (Fsp3) is 0.512. The number of hydrogen-bond donors (Lipinski definition) is 10. The van der Waals surface area contributed by atoms with E-state index < -0.39 is 77.6 Å². The second-order valence-corrected chi connectivity index (χ2v) is 15.4. The normalized spacial score (nSPS) is 16.5. The number of amides is 7. The molecule has 2 aromatic carbocycles. The number of nitrogens with two attached hydrogens (primary N) is 2. The van der Waals surface area contributed by atoms with Crippen LogP contribution in [0.25, 0.3) is 0 Å². The Kier molecular flexibility index (Phi) is 18.8. The van der Waals surface area contributed by atoms with E-state index in [1.165, 1.54) is 55.1 Å². The molecule has 1 aliphatic heterocycles. The van der Waals surface area contributed by atoms with E-state index in [9.17, 15) is 49.0 Å². The lowest BCUT2D eigenvalue weighted by atomic mass is 10.0. The number of carbonyl (C=O) groups is 7. The first-order valence-corrected chi connectivity index (χ1v) is 20.0. The molecule has 0 aliphatic carbocycles. The second-order valence-electron chi connectivity index (χ2n) is 15.4. The summed E-state index contributed by atoms with van der Waals surface area (Å²) in [5.41, 5.74) is 12.0. The van der Waals surface area contributed by atoms with E-state index in [0.717, 1.165) is 0 Å². The summed E-state index contributed by atoms with van der Waals surface area (Å²) in [6, 6.07) is 5.19. The van der Waals surface area contributed by atoms with E-state index in [0.29, 0.717) is 43.4 Å². The third kappa shape index (κ3) is 14.9. The number of carbonyl (C=O) groups excluding carboxylic acids is 7. The van der Waals surface area contributed by atoms with Gasteiger partial charge in [0.15, 0.2) is 0 Å². The van der Waals surface area contributed by atoms with Crippen molar-refractivity contribution in [2.45, 2.75) is 115 Å². The third-order valence-electron chi connectivity index (χ3n) is 9.96. The first kappa shape index (κ1) is 48.1. The highest BCUT2D eigenvalue weighted by Gasteiger charge is 2.39. The van der Waals surface area contributed by atoms with Gasteiger partial charge in [-0.1, -0.05) is 43.3 Å². The number of rotatable bonds is 22. The average Bonchev–Trinajstić information content (AvgIpc) is 3.70. The van der Waals surface area contributed by atoms with Crippen LogP contribution in [0, 0.1) is 5.92 Å². The number of phenolic OH excluding ortho intramolecular Hbond substituents is 2. The van der Waals surface area contributed by atoms with Gasteiger partial charge in [-0.25, -0.2) is 0 Å². The lowest BCUT2D eigenvalue weighted by Gasteiger charge is -2.31. The molecule has 0 saturated carbocycles. The van der Waals surface area contributed by atoms with Crippen LogP contribution < -0.4 is 38.1 Å². The SMILES string of the molecule is CC(C)C[C@H](NC(=O)[C@H](C)NC(=O)[C@@H]1CCCN1C(=O)[C@H](Cc1ccc(O)cc1)NC(=O)[C@H](CCCCN)NC(=O)[C@H](C)NC(=O)/C(Cc1ccc(O)cc1)=N\O)C(N)=O. The number of benzene rings is 2. The van der Waals surface area contributed by atoms with Crippen LogP contribution in [-0.4, -0.2) is 117 Å². The minimum atomic E-state index is -1.25. The van der Waals surface area contributed by atoms with Crippen LogP contribution in [0.15, 0.2) is 53.7 Å². The summed E-state index contributed by atoms with van der Waals surface area (Å²) in [6.07, 6.45) is 1.89. The monoisotopic (exact) mass is 837 g/mol. The van der Waals surface area contributed by atoms with Crippen molar-refractivity contribution in [1.82, 2.24) is 31.5 Å². The van der Waals surface area contributed by atoms with Crippen LogP contribution in [0.1, 0.15) is 77.3 Å². The number of unbranched alkanes of at least 4 members (excludes halogenated alkanes) is 1. The van der Waals surface area contributed by atoms with Gasteiger partial charge in [-0.2, -0.15) is 0 Å². The molecule has 3 rings (SSSR count). The Labute approximate surface area is 349 Å². The van der Waals surface area contributed by atoms with Crippen LogP contribution in [0.5, 0.6) is 11.5 Å². The van der Waals surface area contributed by atoms with Crippen molar-refractivity contribution in [2.75, 3.05) is 13.1 Å². The summed E-state index contributed by atoms with van der Waals surface area (Å²) >= 11 is 0. The Morgan fingerprint density at radius 3 is 1.85 bits per heavy atom. The van der Waals surface area contributed by atoms with Crippen LogP contribution in [0.2, 0.25) is 0 Å². The Balaban J connectivity index is 1.78. The maximum absolute atomic E-state index is 14.3. The first-order valence-electron chi connectivity index (χ1n) is 20.0. The molecule has 7 amide bonds. The maximum Gasteiger partial charge on any atom is 0.270 e. The molecule has 0 radical (unpaired) electrons. The van der Waals surface area contributed by atoms with Crippen molar-refractivity contribution < 1.29 is 49.0 Å². The molecule has 0 bridgehead atoms. The standard InChI is InChI=1S/C41H59N9O10/c1-23(2)20-31(35(43)53)47-37(55)25(4)45-40(58)34-9-7-19-50(34)41(59)33(22-27-12-16-29(52)17-13-27)48-38(56)30(8-5-6-18-42)46-36(54)24(3)44-39(57)32(49-60)21-26-10-14-28(51)15-11-26/h10-17,23-25,30-31,33-34,51-52,60H,5-9,18-22,42H2,1-4H3,(H2,43,53)(H,44,57)(H,45,58)(H,46,54)(H,47,55)(H,48,56)/b49-32-/t24-,25-,30-,31-,33-,34-/m0/s1. The molecule has 328 valence electrons. The van der Waals surface area contributed by atoms with Gasteiger partial charge in [0, 0.05) is 19.4 Å². The van der Waals surface area contributed by atoms with Crippen LogP contribution >= 0.6 is 0 Å². The summed E-state index contributed by atoms with van der Waals surface area (Å²) in [5.74, 6) is -4.84. The first-order chi connectivity index (χ1) is 28.4. The van der Waals surface area contributed by atoms with Crippen LogP contribution in [0.3, 0.4) is 0 Å². The molecule has 1 heterocycles. The van der Waals surface area contributed by atoms with Gasteiger partial charge in [0.05, 0.1) is 0 Å². The molecule has 0 spiro atoms. The average molecular weight is 838 g/mol. The molecule has 19 nitrogen and oxygen atoms in total. The van der Waals surface area contributed by atoms with E-state index in [-0.39, 0.29) is 55.4 Å². The van der Waals surface area contributed by atoms with Crippen molar-refractivity contribution in [1.29, 1.82) is 0 Å². The number of primary amides is 1. The predicted molar refractivity (Wildman–Crippen MR) is 220 cm³/mol. The number of likely N-dealkylation sites (tertiary alicyclic amines) is 1. The Morgan fingerprint density at radius 2 is 1.30 bits per heavy atom. The van der Waals surface area contributed by atoms with Gasteiger partial charge in [0.1, 0.15) is 53.5 Å². The molecule has 19 heteroatoms. The van der Waals surface area contributed by atoms with E-state index in [2.05, 4.69) is 31.7 Å². The fourth-order valence-corrected chi connectivity index (χ4v) is 6.60. The van der Waals surface area contributed by atoms with Gasteiger partial charge >= 0.3 is 0 Å². The summed E-state index contributed by atoms with van der Waals surface area (Å²) in [6.45, 7) is 7.02. The molecule has 2 aromatic rings. The van der Waals surface area contributed by atoms with Crippen molar-refractivity contribution in [3.05, 3.63) is 59.7 Å².